The van der Waals surface area contributed by atoms with Crippen molar-refractivity contribution in [1.29, 1.82) is 0 Å². The predicted molar refractivity (Wildman–Crippen MR) is 90.9 cm³/mol. The Balaban J connectivity index is 1.70. The molecule has 0 aliphatic carbocycles. The molecule has 0 saturated heterocycles. The van der Waals surface area contributed by atoms with Crippen molar-refractivity contribution in [1.82, 2.24) is 15.8 Å². The Morgan fingerprint density at radius 2 is 2.00 bits per heavy atom. The number of ether oxygens (including phenoxy) is 1. The Bertz CT molecular complexity index is 712. The normalized spacial score (nSPS) is 11.5. The van der Waals surface area contributed by atoms with Gasteiger partial charge in [-0.05, 0) is 32.4 Å². The van der Waals surface area contributed by atoms with Gasteiger partial charge in [0.1, 0.15) is 18.2 Å². The topological polar surface area (TPSA) is 71.7 Å². The van der Waals surface area contributed by atoms with Crippen molar-refractivity contribution < 1.29 is 18.0 Å². The first kappa shape index (κ1) is 18.7. The fraction of sp³-hybridized carbons (Fsp3) is 0.412. The number of hydrogen-bond donors (Lipinski definition) is 2. The second-order valence-corrected chi connectivity index (χ2v) is 5.40. The van der Waals surface area contributed by atoms with Gasteiger partial charge in [-0.1, -0.05) is 5.16 Å². The molecule has 0 saturated carbocycles. The van der Waals surface area contributed by atoms with Crippen molar-refractivity contribution in [3.05, 3.63) is 46.9 Å². The van der Waals surface area contributed by atoms with Crippen molar-refractivity contribution >= 4 is 5.96 Å². The zero-order chi connectivity index (χ0) is 18.2. The van der Waals surface area contributed by atoms with E-state index in [4.69, 9.17) is 9.26 Å². The van der Waals surface area contributed by atoms with E-state index in [1.165, 1.54) is 6.07 Å². The number of aromatic nitrogens is 1. The molecule has 0 atom stereocenters. The van der Waals surface area contributed by atoms with Crippen LogP contribution in [0, 0.1) is 25.5 Å². The zero-order valence-corrected chi connectivity index (χ0v) is 14.5. The van der Waals surface area contributed by atoms with E-state index in [2.05, 4.69) is 20.8 Å². The first-order valence-electron chi connectivity index (χ1n) is 7.95. The summed E-state index contributed by atoms with van der Waals surface area (Å²) in [5, 5.41) is 10.1. The van der Waals surface area contributed by atoms with Crippen molar-refractivity contribution in [2.45, 2.75) is 20.3 Å². The summed E-state index contributed by atoms with van der Waals surface area (Å²) in [4.78, 5) is 4.10. The van der Waals surface area contributed by atoms with E-state index >= 15 is 0 Å². The molecule has 0 fully saturated rings. The number of hydrogen-bond acceptors (Lipinski definition) is 4. The first-order chi connectivity index (χ1) is 12.0. The van der Waals surface area contributed by atoms with Gasteiger partial charge < -0.3 is 19.9 Å². The fourth-order valence-electron chi connectivity index (χ4n) is 2.31. The molecule has 25 heavy (non-hydrogen) atoms. The molecule has 0 amide bonds. The monoisotopic (exact) mass is 352 g/mol. The molecule has 1 aromatic heterocycles. The number of aryl methyl sites for hydroxylation is 2. The lowest BCUT2D eigenvalue weighted by Crippen LogP contribution is -2.40. The Hall–Kier alpha value is -2.64. The van der Waals surface area contributed by atoms with Crippen LogP contribution in [0.3, 0.4) is 0 Å². The molecule has 0 spiro atoms. The Labute approximate surface area is 145 Å². The molecule has 2 aromatic rings. The van der Waals surface area contributed by atoms with Gasteiger partial charge >= 0.3 is 0 Å². The third kappa shape index (κ3) is 5.44. The number of aliphatic imine (C=N–C) groups is 1. The van der Waals surface area contributed by atoms with Crippen LogP contribution in [-0.4, -0.2) is 37.9 Å². The first-order valence-corrected chi connectivity index (χ1v) is 7.95. The molecule has 6 nitrogen and oxygen atoms in total. The molecule has 0 aliphatic heterocycles. The summed E-state index contributed by atoms with van der Waals surface area (Å²) in [6, 6.07) is 3.21. The summed E-state index contributed by atoms with van der Waals surface area (Å²) >= 11 is 0. The van der Waals surface area contributed by atoms with E-state index in [1.807, 2.05) is 13.8 Å². The minimum Gasteiger partial charge on any atom is -0.489 e. The van der Waals surface area contributed by atoms with Crippen LogP contribution >= 0.6 is 0 Å². The van der Waals surface area contributed by atoms with Gasteiger partial charge in [-0.25, -0.2) is 8.78 Å². The standard InChI is InChI=1S/C17H22F2N4O2/c1-11-14(12(2)25-23-11)6-7-21-17(20-3)22-8-9-24-16-5-4-13(18)10-15(16)19/h4-5,10H,6-9H2,1-3H3,(H2,20,21,22). The largest absolute Gasteiger partial charge is 0.489 e. The van der Waals surface area contributed by atoms with E-state index in [1.54, 1.807) is 7.05 Å². The molecule has 2 rings (SSSR count). The molecule has 136 valence electrons. The lowest BCUT2D eigenvalue weighted by atomic mass is 10.1. The van der Waals surface area contributed by atoms with Crippen LogP contribution in [0.15, 0.2) is 27.7 Å². The Morgan fingerprint density at radius 1 is 1.24 bits per heavy atom. The number of nitrogens with one attached hydrogen (secondary N) is 2. The van der Waals surface area contributed by atoms with Gasteiger partial charge in [0.15, 0.2) is 17.5 Å². The highest BCUT2D eigenvalue weighted by molar-refractivity contribution is 5.79. The minimum absolute atomic E-state index is 0.0181. The van der Waals surface area contributed by atoms with Crippen LogP contribution in [0.2, 0.25) is 0 Å². The highest BCUT2D eigenvalue weighted by atomic mass is 19.1. The van der Waals surface area contributed by atoms with Crippen molar-refractivity contribution in [3.63, 3.8) is 0 Å². The molecule has 0 bridgehead atoms. The Morgan fingerprint density at radius 3 is 2.64 bits per heavy atom. The summed E-state index contributed by atoms with van der Waals surface area (Å²) in [5.41, 5.74) is 1.97. The van der Waals surface area contributed by atoms with E-state index in [9.17, 15) is 8.78 Å². The molecule has 0 aliphatic rings. The molecule has 0 unspecified atom stereocenters. The van der Waals surface area contributed by atoms with Gasteiger partial charge in [-0.2, -0.15) is 0 Å². The lowest BCUT2D eigenvalue weighted by Gasteiger charge is -2.12. The van der Waals surface area contributed by atoms with Gasteiger partial charge in [0, 0.05) is 25.2 Å². The third-order valence-corrected chi connectivity index (χ3v) is 3.62. The number of nitrogens with zero attached hydrogens (tertiary/aromatic N) is 2. The second-order valence-electron chi connectivity index (χ2n) is 5.40. The summed E-state index contributed by atoms with van der Waals surface area (Å²) < 4.78 is 36.6. The van der Waals surface area contributed by atoms with Crippen LogP contribution < -0.4 is 15.4 Å². The third-order valence-electron chi connectivity index (χ3n) is 3.62. The van der Waals surface area contributed by atoms with E-state index in [0.717, 1.165) is 35.6 Å². The van der Waals surface area contributed by atoms with Gasteiger partial charge in [0.25, 0.3) is 0 Å². The number of halogens is 2. The maximum absolute atomic E-state index is 13.4. The molecule has 8 heteroatoms. The summed E-state index contributed by atoms with van der Waals surface area (Å²) in [6.07, 6.45) is 0.763. The number of rotatable bonds is 7. The highest BCUT2D eigenvalue weighted by Crippen LogP contribution is 2.17. The van der Waals surface area contributed by atoms with Crippen LogP contribution in [0.25, 0.3) is 0 Å². The zero-order valence-electron chi connectivity index (χ0n) is 14.5. The summed E-state index contributed by atoms with van der Waals surface area (Å²) in [6.45, 7) is 5.09. The average molecular weight is 352 g/mol. The molecule has 0 radical (unpaired) electrons. The molecule has 1 aromatic carbocycles. The average Bonchev–Trinajstić information content (AvgIpc) is 2.90. The second kappa shape index (κ2) is 9.00. The predicted octanol–water partition coefficient (Wildman–Crippen LogP) is 2.36. The van der Waals surface area contributed by atoms with Crippen molar-refractivity contribution in [2.24, 2.45) is 4.99 Å². The number of benzene rings is 1. The minimum atomic E-state index is -0.720. The van der Waals surface area contributed by atoms with Crippen molar-refractivity contribution in [2.75, 3.05) is 26.7 Å². The van der Waals surface area contributed by atoms with Gasteiger partial charge in [0.05, 0.1) is 12.2 Å². The fourth-order valence-corrected chi connectivity index (χ4v) is 2.31. The number of guanidine groups is 1. The van der Waals surface area contributed by atoms with E-state index in [0.29, 0.717) is 19.0 Å². The SMILES string of the molecule is CN=C(NCCOc1ccc(F)cc1F)NCCc1c(C)noc1C. The van der Waals surface area contributed by atoms with Crippen LogP contribution in [-0.2, 0) is 6.42 Å². The van der Waals surface area contributed by atoms with E-state index in [-0.39, 0.29) is 12.4 Å². The van der Waals surface area contributed by atoms with E-state index < -0.39 is 11.6 Å². The maximum atomic E-state index is 13.4. The van der Waals surface area contributed by atoms with Crippen LogP contribution in [0.5, 0.6) is 5.75 Å². The van der Waals surface area contributed by atoms with Gasteiger partial charge in [0.2, 0.25) is 0 Å². The summed E-state index contributed by atoms with van der Waals surface area (Å²) in [7, 11) is 1.66. The lowest BCUT2D eigenvalue weighted by molar-refractivity contribution is 0.304. The molecule has 1 heterocycles. The van der Waals surface area contributed by atoms with Gasteiger partial charge in [-0.15, -0.1) is 0 Å². The quantitative estimate of drug-likeness (QED) is 0.455. The Kier molecular flexibility index (Phi) is 6.73. The van der Waals surface area contributed by atoms with Crippen LogP contribution in [0.4, 0.5) is 8.78 Å². The molecule has 2 N–H and O–H groups in total. The summed E-state index contributed by atoms with van der Waals surface area (Å²) in [5.74, 6) is 0.0873. The smallest absolute Gasteiger partial charge is 0.191 e. The molecular weight excluding hydrogens is 330 g/mol. The maximum Gasteiger partial charge on any atom is 0.191 e. The molecular formula is C17H22F2N4O2. The highest BCUT2D eigenvalue weighted by Gasteiger charge is 2.09. The van der Waals surface area contributed by atoms with Crippen LogP contribution in [0.1, 0.15) is 17.0 Å². The van der Waals surface area contributed by atoms with Crippen molar-refractivity contribution in [3.8, 4) is 5.75 Å². The van der Waals surface area contributed by atoms with Gasteiger partial charge in [-0.3, -0.25) is 4.99 Å².